The summed E-state index contributed by atoms with van der Waals surface area (Å²) in [7, 11) is 0. The van der Waals surface area contributed by atoms with Crippen LogP contribution in [0.5, 0.6) is 5.75 Å². The monoisotopic (exact) mass is 277 g/mol. The molecule has 3 unspecified atom stereocenters. The standard InChI is InChI=1S/C16H23NO3/c1-11-5-4-6-14(9-11)20-13(3)16(19)17-8-7-12(2)15(17)10-18/h4-6,9,12-13,15,18H,7-8,10H2,1-3H3. The molecule has 110 valence electrons. The summed E-state index contributed by atoms with van der Waals surface area (Å²) in [6.07, 6.45) is 0.407. The molecule has 0 aromatic heterocycles. The number of aryl methyl sites for hydroxylation is 1. The lowest BCUT2D eigenvalue weighted by Gasteiger charge is -2.28. The molecule has 2 rings (SSSR count). The fourth-order valence-electron chi connectivity index (χ4n) is 2.74. The number of aliphatic hydroxyl groups excluding tert-OH is 1. The molecule has 1 heterocycles. The highest BCUT2D eigenvalue weighted by Gasteiger charge is 2.36. The molecule has 1 saturated heterocycles. The van der Waals surface area contributed by atoms with Crippen molar-refractivity contribution in [2.45, 2.75) is 39.3 Å². The lowest BCUT2D eigenvalue weighted by molar-refractivity contribution is -0.139. The average molecular weight is 277 g/mol. The van der Waals surface area contributed by atoms with Gasteiger partial charge >= 0.3 is 0 Å². The largest absolute Gasteiger partial charge is 0.481 e. The molecule has 4 heteroatoms. The average Bonchev–Trinajstić information content (AvgIpc) is 2.78. The molecule has 0 aliphatic carbocycles. The predicted octanol–water partition coefficient (Wildman–Crippen LogP) is 1.99. The Bertz CT molecular complexity index is 475. The molecular formula is C16H23NO3. The molecule has 20 heavy (non-hydrogen) atoms. The summed E-state index contributed by atoms with van der Waals surface area (Å²) < 4.78 is 5.72. The van der Waals surface area contributed by atoms with Gasteiger partial charge in [-0.2, -0.15) is 0 Å². The fraction of sp³-hybridized carbons (Fsp3) is 0.562. The molecule has 0 bridgehead atoms. The van der Waals surface area contributed by atoms with Crippen LogP contribution in [-0.4, -0.2) is 41.2 Å². The first-order valence-corrected chi connectivity index (χ1v) is 7.17. The first kappa shape index (κ1) is 14.9. The second kappa shape index (κ2) is 6.27. The summed E-state index contributed by atoms with van der Waals surface area (Å²) >= 11 is 0. The zero-order chi connectivity index (χ0) is 14.7. The van der Waals surface area contributed by atoms with Crippen molar-refractivity contribution >= 4 is 5.91 Å². The maximum Gasteiger partial charge on any atom is 0.263 e. The van der Waals surface area contributed by atoms with Crippen LogP contribution in [0.1, 0.15) is 25.8 Å². The number of hydrogen-bond donors (Lipinski definition) is 1. The summed E-state index contributed by atoms with van der Waals surface area (Å²) in [5.74, 6) is 1.00. The van der Waals surface area contributed by atoms with Gasteiger partial charge in [0.2, 0.25) is 0 Å². The Morgan fingerprint density at radius 1 is 1.55 bits per heavy atom. The van der Waals surface area contributed by atoms with Crippen LogP contribution in [-0.2, 0) is 4.79 Å². The van der Waals surface area contributed by atoms with Crippen LogP contribution >= 0.6 is 0 Å². The highest BCUT2D eigenvalue weighted by atomic mass is 16.5. The Kier molecular flexibility index (Phi) is 4.65. The van der Waals surface area contributed by atoms with Crippen molar-refractivity contribution in [1.82, 2.24) is 4.90 Å². The molecule has 4 nitrogen and oxygen atoms in total. The van der Waals surface area contributed by atoms with E-state index in [0.29, 0.717) is 18.2 Å². The van der Waals surface area contributed by atoms with E-state index in [-0.39, 0.29) is 18.6 Å². The van der Waals surface area contributed by atoms with Gasteiger partial charge in [0.15, 0.2) is 6.10 Å². The van der Waals surface area contributed by atoms with E-state index in [4.69, 9.17) is 4.74 Å². The Hall–Kier alpha value is -1.55. The topological polar surface area (TPSA) is 49.8 Å². The Morgan fingerprint density at radius 2 is 2.30 bits per heavy atom. The molecule has 0 spiro atoms. The van der Waals surface area contributed by atoms with Crippen LogP contribution < -0.4 is 4.74 Å². The molecule has 1 aromatic rings. The Labute approximate surface area is 120 Å². The number of amides is 1. The van der Waals surface area contributed by atoms with Gasteiger partial charge in [0.1, 0.15) is 5.75 Å². The van der Waals surface area contributed by atoms with Gasteiger partial charge in [0.25, 0.3) is 5.91 Å². The van der Waals surface area contributed by atoms with Crippen LogP contribution in [0.3, 0.4) is 0 Å². The zero-order valence-corrected chi connectivity index (χ0v) is 12.4. The molecule has 3 atom stereocenters. The zero-order valence-electron chi connectivity index (χ0n) is 12.4. The van der Waals surface area contributed by atoms with Crippen molar-refractivity contribution < 1.29 is 14.6 Å². The van der Waals surface area contributed by atoms with Gasteiger partial charge in [-0.25, -0.2) is 0 Å². The summed E-state index contributed by atoms with van der Waals surface area (Å²) in [4.78, 5) is 14.2. The van der Waals surface area contributed by atoms with Gasteiger partial charge in [0, 0.05) is 6.54 Å². The first-order chi connectivity index (χ1) is 9.52. The van der Waals surface area contributed by atoms with Gasteiger partial charge in [-0.15, -0.1) is 0 Å². The minimum atomic E-state index is -0.531. The number of nitrogens with zero attached hydrogens (tertiary/aromatic N) is 1. The van der Waals surface area contributed by atoms with Crippen LogP contribution in [0.15, 0.2) is 24.3 Å². The minimum absolute atomic E-state index is 0.0179. The number of ether oxygens (including phenoxy) is 1. The van der Waals surface area contributed by atoms with E-state index in [1.807, 2.05) is 31.2 Å². The van der Waals surface area contributed by atoms with Gasteiger partial charge in [-0.05, 0) is 43.9 Å². The SMILES string of the molecule is Cc1cccc(OC(C)C(=O)N2CCC(C)C2CO)c1. The predicted molar refractivity (Wildman–Crippen MR) is 77.6 cm³/mol. The number of hydrogen-bond acceptors (Lipinski definition) is 3. The fourth-order valence-corrected chi connectivity index (χ4v) is 2.74. The smallest absolute Gasteiger partial charge is 0.263 e. The van der Waals surface area contributed by atoms with Gasteiger partial charge in [-0.3, -0.25) is 4.79 Å². The first-order valence-electron chi connectivity index (χ1n) is 7.17. The quantitative estimate of drug-likeness (QED) is 0.915. The van der Waals surface area contributed by atoms with Crippen LogP contribution in [0.25, 0.3) is 0 Å². The molecule has 0 saturated carbocycles. The normalized spacial score (nSPS) is 23.7. The van der Waals surface area contributed by atoms with Crippen molar-refractivity contribution in [3.05, 3.63) is 29.8 Å². The van der Waals surface area contributed by atoms with Crippen molar-refractivity contribution in [3.8, 4) is 5.75 Å². The third-order valence-electron chi connectivity index (χ3n) is 4.00. The number of benzene rings is 1. The van der Waals surface area contributed by atoms with Crippen LogP contribution in [0.4, 0.5) is 0 Å². The lowest BCUT2D eigenvalue weighted by Crippen LogP contribution is -2.45. The van der Waals surface area contributed by atoms with Crippen molar-refractivity contribution in [2.75, 3.05) is 13.2 Å². The second-order valence-corrected chi connectivity index (χ2v) is 5.62. The van der Waals surface area contributed by atoms with E-state index in [0.717, 1.165) is 12.0 Å². The number of carbonyl (C=O) groups excluding carboxylic acids is 1. The van der Waals surface area contributed by atoms with Crippen LogP contribution in [0, 0.1) is 12.8 Å². The molecule has 1 N–H and O–H groups in total. The Balaban J connectivity index is 2.02. The summed E-state index contributed by atoms with van der Waals surface area (Å²) in [6, 6.07) is 7.60. The Morgan fingerprint density at radius 3 is 2.95 bits per heavy atom. The van der Waals surface area contributed by atoms with E-state index in [2.05, 4.69) is 6.92 Å². The third kappa shape index (κ3) is 3.12. The maximum atomic E-state index is 12.4. The highest BCUT2D eigenvalue weighted by molar-refractivity contribution is 5.81. The summed E-state index contributed by atoms with van der Waals surface area (Å²) in [5, 5.41) is 9.43. The molecule has 1 aliphatic heterocycles. The molecular weight excluding hydrogens is 254 g/mol. The summed E-state index contributed by atoms with van der Waals surface area (Å²) in [5.41, 5.74) is 1.10. The molecule has 1 aliphatic rings. The van der Waals surface area contributed by atoms with Crippen LogP contribution in [0.2, 0.25) is 0 Å². The van der Waals surface area contributed by atoms with Crippen molar-refractivity contribution in [3.63, 3.8) is 0 Å². The van der Waals surface area contributed by atoms with Gasteiger partial charge in [0.05, 0.1) is 12.6 Å². The van der Waals surface area contributed by atoms with E-state index in [1.54, 1.807) is 11.8 Å². The third-order valence-corrected chi connectivity index (χ3v) is 4.00. The van der Waals surface area contributed by atoms with Gasteiger partial charge < -0.3 is 14.7 Å². The molecule has 1 fully saturated rings. The minimum Gasteiger partial charge on any atom is -0.481 e. The number of likely N-dealkylation sites (tertiary alicyclic amines) is 1. The second-order valence-electron chi connectivity index (χ2n) is 5.62. The number of carbonyl (C=O) groups is 1. The molecule has 0 radical (unpaired) electrons. The molecule has 1 amide bonds. The number of aliphatic hydroxyl groups is 1. The lowest BCUT2D eigenvalue weighted by atomic mass is 10.0. The van der Waals surface area contributed by atoms with Gasteiger partial charge in [-0.1, -0.05) is 19.1 Å². The van der Waals surface area contributed by atoms with E-state index >= 15 is 0 Å². The molecule has 1 aromatic carbocycles. The van der Waals surface area contributed by atoms with E-state index in [9.17, 15) is 9.90 Å². The highest BCUT2D eigenvalue weighted by Crippen LogP contribution is 2.25. The number of rotatable bonds is 4. The summed E-state index contributed by atoms with van der Waals surface area (Å²) in [6.45, 7) is 6.54. The van der Waals surface area contributed by atoms with E-state index in [1.165, 1.54) is 0 Å². The van der Waals surface area contributed by atoms with Crippen molar-refractivity contribution in [2.24, 2.45) is 5.92 Å². The maximum absolute atomic E-state index is 12.4. The van der Waals surface area contributed by atoms with E-state index < -0.39 is 6.10 Å². The van der Waals surface area contributed by atoms with Crippen molar-refractivity contribution in [1.29, 1.82) is 0 Å².